The van der Waals surface area contributed by atoms with Gasteiger partial charge in [-0.05, 0) is 38.5 Å². The van der Waals surface area contributed by atoms with E-state index in [1.165, 1.54) is 4.90 Å². The van der Waals surface area contributed by atoms with Crippen LogP contribution in [0.3, 0.4) is 0 Å². The fraction of sp³-hybridized carbons (Fsp3) is 0.571. The van der Waals surface area contributed by atoms with Gasteiger partial charge in [-0.3, -0.25) is 0 Å². The van der Waals surface area contributed by atoms with Crippen LogP contribution in [-0.4, -0.2) is 29.4 Å². The zero-order chi connectivity index (χ0) is 13.2. The van der Waals surface area contributed by atoms with Crippen molar-refractivity contribution >= 4 is 11.8 Å². The molecule has 1 aliphatic heterocycles. The highest BCUT2D eigenvalue weighted by Gasteiger charge is 2.32. The van der Waals surface area contributed by atoms with Gasteiger partial charge in [-0.25, -0.2) is 0 Å². The maximum absolute atomic E-state index is 9.43. The molecule has 0 spiro atoms. The summed E-state index contributed by atoms with van der Waals surface area (Å²) in [6, 6.07) is 7.99. The van der Waals surface area contributed by atoms with E-state index in [4.69, 9.17) is 9.47 Å². The van der Waals surface area contributed by atoms with Gasteiger partial charge in [-0.1, -0.05) is 12.1 Å². The summed E-state index contributed by atoms with van der Waals surface area (Å²) in [5.74, 6) is 0.443. The molecule has 2 rings (SSSR count). The molecular weight excluding hydrogens is 248 g/mol. The van der Waals surface area contributed by atoms with Crippen molar-refractivity contribution in [3.8, 4) is 0 Å². The van der Waals surface area contributed by atoms with Gasteiger partial charge in [0.2, 0.25) is 0 Å². The summed E-state index contributed by atoms with van der Waals surface area (Å²) in [7, 11) is 0. The molecule has 100 valence electrons. The topological polar surface area (TPSA) is 38.7 Å². The van der Waals surface area contributed by atoms with Crippen LogP contribution >= 0.6 is 11.8 Å². The Hall–Kier alpha value is -0.550. The highest BCUT2D eigenvalue weighted by atomic mass is 32.2. The normalized spacial score (nSPS) is 24.1. The molecule has 1 N–H and O–H groups in total. The maximum Gasteiger partial charge on any atom is 0.163 e. The minimum Gasteiger partial charge on any atom is -0.389 e. The number of ether oxygens (including phenoxy) is 2. The molecule has 2 atom stereocenters. The van der Waals surface area contributed by atoms with Crippen LogP contribution in [0.5, 0.6) is 0 Å². The third-order valence-electron chi connectivity index (χ3n) is 2.87. The highest BCUT2D eigenvalue weighted by molar-refractivity contribution is 7.99. The number of aliphatic hydroxyl groups is 1. The summed E-state index contributed by atoms with van der Waals surface area (Å²) < 4.78 is 11.3. The molecule has 0 saturated carbocycles. The Labute approximate surface area is 112 Å². The van der Waals surface area contributed by atoms with Crippen LogP contribution in [0.4, 0.5) is 0 Å². The molecule has 1 fully saturated rings. The highest BCUT2D eigenvalue weighted by Crippen LogP contribution is 2.28. The summed E-state index contributed by atoms with van der Waals surface area (Å²) in [4.78, 5) is 1.19. The molecule has 1 saturated heterocycles. The van der Waals surface area contributed by atoms with Crippen LogP contribution in [0.15, 0.2) is 29.2 Å². The van der Waals surface area contributed by atoms with Crippen molar-refractivity contribution in [2.24, 2.45) is 0 Å². The molecule has 0 amide bonds. The first-order chi connectivity index (χ1) is 8.46. The van der Waals surface area contributed by atoms with Crippen LogP contribution in [0, 0.1) is 0 Å². The SMILES string of the molecule is C[C@H](O)c1ccc(SCC2COC(C)(C)O2)cc1. The molecule has 1 aromatic carbocycles. The summed E-state index contributed by atoms with van der Waals surface area (Å²) in [6.07, 6.45) is -0.252. The molecule has 0 bridgehead atoms. The average molecular weight is 268 g/mol. The summed E-state index contributed by atoms with van der Waals surface area (Å²) in [6.45, 7) is 6.31. The van der Waals surface area contributed by atoms with E-state index in [1.54, 1.807) is 18.7 Å². The van der Waals surface area contributed by atoms with Crippen molar-refractivity contribution < 1.29 is 14.6 Å². The lowest BCUT2D eigenvalue weighted by atomic mass is 10.1. The molecule has 1 aromatic rings. The van der Waals surface area contributed by atoms with Crippen molar-refractivity contribution in [1.82, 2.24) is 0 Å². The van der Waals surface area contributed by atoms with Crippen LogP contribution in [0.1, 0.15) is 32.4 Å². The Morgan fingerprint density at radius 2 is 2.06 bits per heavy atom. The van der Waals surface area contributed by atoms with E-state index in [9.17, 15) is 5.11 Å². The van der Waals surface area contributed by atoms with Gasteiger partial charge < -0.3 is 14.6 Å². The lowest BCUT2D eigenvalue weighted by molar-refractivity contribution is -0.135. The van der Waals surface area contributed by atoms with Crippen LogP contribution in [0.25, 0.3) is 0 Å². The fourth-order valence-corrected chi connectivity index (χ4v) is 2.75. The van der Waals surface area contributed by atoms with Crippen molar-refractivity contribution in [2.45, 2.75) is 43.7 Å². The summed E-state index contributed by atoms with van der Waals surface area (Å²) in [5.41, 5.74) is 0.945. The standard InChI is InChI=1S/C14H20O3S/c1-10(15)11-4-6-13(7-5-11)18-9-12-8-16-14(2,3)17-12/h4-7,10,12,15H,8-9H2,1-3H3/t10-,12?/m0/s1. The first-order valence-electron chi connectivity index (χ1n) is 6.19. The number of benzene rings is 1. The number of rotatable bonds is 4. The minimum atomic E-state index is -0.443. The average Bonchev–Trinajstić information content (AvgIpc) is 2.67. The Balaban J connectivity index is 1.84. The number of aliphatic hydroxyl groups excluding tert-OH is 1. The third kappa shape index (κ3) is 3.72. The van der Waals surface area contributed by atoms with E-state index in [-0.39, 0.29) is 6.10 Å². The molecule has 18 heavy (non-hydrogen) atoms. The first kappa shape index (κ1) is 13.9. The zero-order valence-corrected chi connectivity index (χ0v) is 11.9. The van der Waals surface area contributed by atoms with Gasteiger partial charge in [0.25, 0.3) is 0 Å². The molecule has 0 aromatic heterocycles. The molecule has 0 aliphatic carbocycles. The van der Waals surface area contributed by atoms with E-state index in [0.29, 0.717) is 6.61 Å². The van der Waals surface area contributed by atoms with Crippen molar-refractivity contribution in [2.75, 3.05) is 12.4 Å². The zero-order valence-electron chi connectivity index (χ0n) is 11.1. The quantitative estimate of drug-likeness (QED) is 0.852. The molecule has 1 aliphatic rings. The van der Waals surface area contributed by atoms with Crippen LogP contribution in [0.2, 0.25) is 0 Å². The largest absolute Gasteiger partial charge is 0.389 e. The van der Waals surface area contributed by atoms with Gasteiger partial charge in [0, 0.05) is 10.6 Å². The smallest absolute Gasteiger partial charge is 0.163 e. The molecule has 3 nitrogen and oxygen atoms in total. The maximum atomic E-state index is 9.43. The second-order valence-corrected chi connectivity index (χ2v) is 6.10. The van der Waals surface area contributed by atoms with E-state index >= 15 is 0 Å². The van der Waals surface area contributed by atoms with Crippen LogP contribution in [-0.2, 0) is 9.47 Å². The van der Waals surface area contributed by atoms with E-state index in [2.05, 4.69) is 0 Å². The Bertz CT molecular complexity index is 387. The molecular formula is C14H20O3S. The Morgan fingerprint density at radius 3 is 2.56 bits per heavy atom. The Morgan fingerprint density at radius 1 is 1.39 bits per heavy atom. The second-order valence-electron chi connectivity index (χ2n) is 5.01. The predicted molar refractivity (Wildman–Crippen MR) is 72.7 cm³/mol. The lowest BCUT2D eigenvalue weighted by Crippen LogP contribution is -2.22. The van der Waals surface area contributed by atoms with E-state index < -0.39 is 11.9 Å². The van der Waals surface area contributed by atoms with Gasteiger partial charge in [0.15, 0.2) is 5.79 Å². The first-order valence-corrected chi connectivity index (χ1v) is 7.17. The van der Waals surface area contributed by atoms with Gasteiger partial charge in [-0.2, -0.15) is 0 Å². The summed E-state index contributed by atoms with van der Waals surface area (Å²) >= 11 is 1.75. The Kier molecular flexibility index (Phi) is 4.33. The van der Waals surface area contributed by atoms with Crippen molar-refractivity contribution in [3.63, 3.8) is 0 Å². The van der Waals surface area contributed by atoms with Gasteiger partial charge in [-0.15, -0.1) is 11.8 Å². The van der Waals surface area contributed by atoms with Gasteiger partial charge in [0.1, 0.15) is 0 Å². The van der Waals surface area contributed by atoms with Crippen molar-refractivity contribution in [3.05, 3.63) is 29.8 Å². The number of thioether (sulfide) groups is 1. The van der Waals surface area contributed by atoms with Crippen molar-refractivity contribution in [1.29, 1.82) is 0 Å². The predicted octanol–water partition coefficient (Wildman–Crippen LogP) is 2.98. The molecule has 4 heteroatoms. The number of hydrogen-bond donors (Lipinski definition) is 1. The fourth-order valence-electron chi connectivity index (χ4n) is 1.88. The van der Waals surface area contributed by atoms with Crippen LogP contribution < -0.4 is 0 Å². The molecule has 0 radical (unpaired) electrons. The molecule has 1 heterocycles. The monoisotopic (exact) mass is 268 g/mol. The van der Waals surface area contributed by atoms with Gasteiger partial charge in [0.05, 0.1) is 18.8 Å². The van der Waals surface area contributed by atoms with E-state index in [1.807, 2.05) is 38.1 Å². The second kappa shape index (κ2) is 5.61. The van der Waals surface area contributed by atoms with E-state index in [0.717, 1.165) is 11.3 Å². The third-order valence-corrected chi connectivity index (χ3v) is 4.01. The number of hydrogen-bond acceptors (Lipinski definition) is 4. The summed E-state index contributed by atoms with van der Waals surface area (Å²) in [5, 5.41) is 9.43. The molecule has 1 unspecified atom stereocenters. The lowest BCUT2D eigenvalue weighted by Gasteiger charge is -2.16. The minimum absolute atomic E-state index is 0.154. The van der Waals surface area contributed by atoms with Gasteiger partial charge >= 0.3 is 0 Å².